The maximum Gasteiger partial charge on any atom is 0.162 e. The van der Waals surface area contributed by atoms with Gasteiger partial charge in [-0.2, -0.15) is 0 Å². The van der Waals surface area contributed by atoms with Gasteiger partial charge in [0.25, 0.3) is 0 Å². The minimum absolute atomic E-state index is 0.178. The van der Waals surface area contributed by atoms with E-state index in [9.17, 15) is 0 Å². The molecule has 0 heterocycles. The molecule has 2 aromatic rings. The lowest BCUT2D eigenvalue weighted by atomic mass is 10.0. The molecular weight excluding hydrogens is 326 g/mol. The number of hydrogen-bond acceptors (Lipinski definition) is 4. The molecule has 130 valence electrons. The molecule has 0 aliphatic carbocycles. The molecule has 0 saturated heterocycles. The molecule has 2 rings (SSSR count). The Morgan fingerprint density at radius 1 is 1.08 bits per heavy atom. The Labute approximate surface area is 148 Å². The third kappa shape index (κ3) is 4.87. The summed E-state index contributed by atoms with van der Waals surface area (Å²) in [6, 6.07) is 15.3. The lowest BCUT2D eigenvalue weighted by molar-refractivity contribution is 0.00139. The van der Waals surface area contributed by atoms with Gasteiger partial charge in [0.2, 0.25) is 0 Å². The predicted molar refractivity (Wildman–Crippen MR) is 97.2 cm³/mol. The van der Waals surface area contributed by atoms with Crippen LogP contribution in [0.2, 0.25) is 5.02 Å². The van der Waals surface area contributed by atoms with Crippen LogP contribution in [-0.2, 0) is 4.74 Å². The first-order valence-corrected chi connectivity index (χ1v) is 8.38. The molecule has 0 fully saturated rings. The smallest absolute Gasteiger partial charge is 0.162 e. The first kappa shape index (κ1) is 18.6. The molecule has 0 aromatic heterocycles. The number of likely N-dealkylation sites (N-methyl/N-ethyl adjacent to an activating group) is 1. The van der Waals surface area contributed by atoms with E-state index in [0.29, 0.717) is 29.7 Å². The highest BCUT2D eigenvalue weighted by atomic mass is 35.5. The van der Waals surface area contributed by atoms with Crippen LogP contribution in [0.3, 0.4) is 0 Å². The fraction of sp³-hybridized carbons (Fsp3) is 0.368. The van der Waals surface area contributed by atoms with Crippen molar-refractivity contribution >= 4 is 11.6 Å². The minimum atomic E-state index is -0.317. The van der Waals surface area contributed by atoms with Crippen molar-refractivity contribution in [3.63, 3.8) is 0 Å². The van der Waals surface area contributed by atoms with E-state index in [4.69, 9.17) is 25.8 Å². The highest BCUT2D eigenvalue weighted by molar-refractivity contribution is 6.30. The summed E-state index contributed by atoms with van der Waals surface area (Å²) in [5.74, 6) is 1.40. The SMILES string of the molecule is CCOc1ccccc1OC(c1cccc(Cl)c1)C(CNC)OC. The number of ether oxygens (including phenoxy) is 3. The summed E-state index contributed by atoms with van der Waals surface area (Å²) in [7, 11) is 3.56. The highest BCUT2D eigenvalue weighted by Crippen LogP contribution is 2.33. The van der Waals surface area contributed by atoms with Gasteiger partial charge in [-0.25, -0.2) is 0 Å². The molecule has 0 saturated carbocycles. The molecule has 2 unspecified atom stereocenters. The Morgan fingerprint density at radius 3 is 2.46 bits per heavy atom. The standard InChI is InChI=1S/C19H24ClNO3/c1-4-23-16-10-5-6-11-17(16)24-19(18(22-3)13-21-2)14-8-7-9-15(20)12-14/h5-12,18-19,21H,4,13H2,1-3H3. The summed E-state index contributed by atoms with van der Waals surface area (Å²) < 4.78 is 17.6. The highest BCUT2D eigenvalue weighted by Gasteiger charge is 2.26. The van der Waals surface area contributed by atoms with Gasteiger partial charge in [0, 0.05) is 18.7 Å². The van der Waals surface area contributed by atoms with Crippen molar-refractivity contribution in [1.82, 2.24) is 5.32 Å². The van der Waals surface area contributed by atoms with Crippen LogP contribution in [0, 0.1) is 0 Å². The van der Waals surface area contributed by atoms with E-state index in [1.165, 1.54) is 0 Å². The number of methoxy groups -OCH3 is 1. The number of benzene rings is 2. The van der Waals surface area contributed by atoms with E-state index in [1.807, 2.05) is 62.5 Å². The third-order valence-electron chi connectivity index (χ3n) is 3.63. The zero-order valence-electron chi connectivity index (χ0n) is 14.3. The van der Waals surface area contributed by atoms with Gasteiger partial charge >= 0.3 is 0 Å². The molecule has 0 bridgehead atoms. The number of rotatable bonds is 9. The van der Waals surface area contributed by atoms with Crippen LogP contribution in [0.15, 0.2) is 48.5 Å². The Kier molecular flexibility index (Phi) is 7.37. The van der Waals surface area contributed by atoms with Crippen molar-refractivity contribution in [3.8, 4) is 11.5 Å². The monoisotopic (exact) mass is 349 g/mol. The quantitative estimate of drug-likeness (QED) is 0.740. The second-order valence-electron chi connectivity index (χ2n) is 5.31. The number of hydrogen-bond donors (Lipinski definition) is 1. The van der Waals surface area contributed by atoms with Crippen LogP contribution >= 0.6 is 11.6 Å². The zero-order valence-corrected chi connectivity index (χ0v) is 15.0. The summed E-state index contributed by atoms with van der Waals surface area (Å²) >= 11 is 6.16. The molecule has 5 heteroatoms. The maximum atomic E-state index is 6.30. The molecule has 2 atom stereocenters. The van der Waals surface area contributed by atoms with Crippen LogP contribution in [0.5, 0.6) is 11.5 Å². The summed E-state index contributed by atoms with van der Waals surface area (Å²) in [5.41, 5.74) is 0.955. The predicted octanol–water partition coefficient (Wildman–Crippen LogP) is 4.09. The van der Waals surface area contributed by atoms with Crippen LogP contribution in [0.1, 0.15) is 18.6 Å². The normalized spacial score (nSPS) is 13.3. The van der Waals surface area contributed by atoms with Crippen LogP contribution in [-0.4, -0.2) is 33.4 Å². The van der Waals surface area contributed by atoms with Crippen molar-refractivity contribution < 1.29 is 14.2 Å². The molecule has 2 aromatic carbocycles. The second-order valence-corrected chi connectivity index (χ2v) is 5.74. The number of halogens is 1. The van der Waals surface area contributed by atoms with Gasteiger partial charge in [-0.15, -0.1) is 0 Å². The molecule has 0 radical (unpaired) electrons. The molecule has 0 spiro atoms. The lowest BCUT2D eigenvalue weighted by Crippen LogP contribution is -2.34. The van der Waals surface area contributed by atoms with Crippen LogP contribution in [0.4, 0.5) is 0 Å². The molecule has 0 aliphatic rings. The number of para-hydroxylation sites is 2. The summed E-state index contributed by atoms with van der Waals surface area (Å²) in [5, 5.41) is 3.81. The summed E-state index contributed by atoms with van der Waals surface area (Å²) in [6.45, 7) is 3.17. The fourth-order valence-electron chi connectivity index (χ4n) is 2.52. The Bertz CT molecular complexity index is 636. The Morgan fingerprint density at radius 2 is 1.83 bits per heavy atom. The van der Waals surface area contributed by atoms with Crippen LogP contribution < -0.4 is 14.8 Å². The molecular formula is C19H24ClNO3. The maximum absolute atomic E-state index is 6.30. The molecule has 0 amide bonds. The van der Waals surface area contributed by atoms with Gasteiger partial charge in [-0.05, 0) is 43.8 Å². The van der Waals surface area contributed by atoms with E-state index < -0.39 is 0 Å². The third-order valence-corrected chi connectivity index (χ3v) is 3.86. The van der Waals surface area contributed by atoms with Gasteiger partial charge in [0.1, 0.15) is 6.10 Å². The molecule has 24 heavy (non-hydrogen) atoms. The van der Waals surface area contributed by atoms with Gasteiger partial charge in [0.15, 0.2) is 17.6 Å². The van der Waals surface area contributed by atoms with Gasteiger partial charge < -0.3 is 19.5 Å². The van der Waals surface area contributed by atoms with E-state index >= 15 is 0 Å². The molecule has 1 N–H and O–H groups in total. The van der Waals surface area contributed by atoms with Crippen molar-refractivity contribution in [2.75, 3.05) is 27.3 Å². The summed E-state index contributed by atoms with van der Waals surface area (Å²) in [4.78, 5) is 0. The zero-order chi connectivity index (χ0) is 17.4. The van der Waals surface area contributed by atoms with E-state index in [1.54, 1.807) is 7.11 Å². The average Bonchev–Trinajstić information content (AvgIpc) is 2.59. The van der Waals surface area contributed by atoms with Gasteiger partial charge in [0.05, 0.1) is 6.61 Å². The largest absolute Gasteiger partial charge is 0.490 e. The van der Waals surface area contributed by atoms with E-state index in [2.05, 4.69) is 5.32 Å². The van der Waals surface area contributed by atoms with Gasteiger partial charge in [-0.1, -0.05) is 35.9 Å². The molecule has 0 aliphatic heterocycles. The topological polar surface area (TPSA) is 39.7 Å². The van der Waals surface area contributed by atoms with Crippen molar-refractivity contribution in [2.45, 2.75) is 19.1 Å². The Balaban J connectivity index is 2.36. The molecule has 4 nitrogen and oxygen atoms in total. The number of nitrogens with one attached hydrogen (secondary N) is 1. The first-order valence-electron chi connectivity index (χ1n) is 8.01. The minimum Gasteiger partial charge on any atom is -0.490 e. The van der Waals surface area contributed by atoms with E-state index in [-0.39, 0.29) is 12.2 Å². The average molecular weight is 350 g/mol. The van der Waals surface area contributed by atoms with Crippen molar-refractivity contribution in [1.29, 1.82) is 0 Å². The lowest BCUT2D eigenvalue weighted by Gasteiger charge is -2.28. The second kappa shape index (κ2) is 9.52. The Hall–Kier alpha value is -1.75. The van der Waals surface area contributed by atoms with Crippen LogP contribution in [0.25, 0.3) is 0 Å². The summed E-state index contributed by atoms with van der Waals surface area (Å²) in [6.07, 6.45) is -0.495. The van der Waals surface area contributed by atoms with E-state index in [0.717, 1.165) is 5.56 Å². The first-order chi connectivity index (χ1) is 11.7. The van der Waals surface area contributed by atoms with Crippen molar-refractivity contribution in [2.24, 2.45) is 0 Å². The van der Waals surface area contributed by atoms with Crippen molar-refractivity contribution in [3.05, 3.63) is 59.1 Å². The van der Waals surface area contributed by atoms with Gasteiger partial charge in [-0.3, -0.25) is 0 Å². The fourth-order valence-corrected chi connectivity index (χ4v) is 2.72.